The number of pyridine rings is 1. The minimum Gasteiger partial charge on any atom is -0.369 e. The van der Waals surface area contributed by atoms with Crippen LogP contribution in [0.15, 0.2) is 18.3 Å². The van der Waals surface area contributed by atoms with E-state index in [4.69, 9.17) is 0 Å². The molecule has 16 heavy (non-hydrogen) atoms. The molecule has 0 saturated carbocycles. The molecule has 3 rings (SSSR count). The summed E-state index contributed by atoms with van der Waals surface area (Å²) in [6.45, 7) is 5.59. The molecule has 0 unspecified atom stereocenters. The molecule has 3 heterocycles. The lowest BCUT2D eigenvalue weighted by atomic mass is 9.89. The van der Waals surface area contributed by atoms with E-state index >= 15 is 0 Å². The Bertz CT molecular complexity index is 360. The molecule has 0 aliphatic carbocycles. The van der Waals surface area contributed by atoms with Crippen LogP contribution in [0, 0.1) is 12.8 Å². The van der Waals surface area contributed by atoms with Crippen LogP contribution >= 0.6 is 0 Å². The number of aromatic nitrogens is 1. The van der Waals surface area contributed by atoms with Gasteiger partial charge in [0, 0.05) is 24.8 Å². The van der Waals surface area contributed by atoms with E-state index in [1.54, 1.807) is 0 Å². The number of rotatable bonds is 1. The van der Waals surface area contributed by atoms with Gasteiger partial charge in [-0.15, -0.1) is 0 Å². The van der Waals surface area contributed by atoms with E-state index in [2.05, 4.69) is 27.3 Å². The van der Waals surface area contributed by atoms with Gasteiger partial charge in [0.05, 0.1) is 11.9 Å². The second-order valence-corrected chi connectivity index (χ2v) is 5.02. The SMILES string of the molecule is Cc1ccc(N2CCC[C@H]3CN[C@H]3C2)cn1. The monoisotopic (exact) mass is 217 g/mol. The van der Waals surface area contributed by atoms with Gasteiger partial charge in [-0.25, -0.2) is 0 Å². The largest absolute Gasteiger partial charge is 0.369 e. The molecule has 1 aromatic heterocycles. The minimum atomic E-state index is 0.712. The third kappa shape index (κ3) is 1.80. The third-order valence-corrected chi connectivity index (χ3v) is 3.89. The summed E-state index contributed by atoms with van der Waals surface area (Å²) in [6.07, 6.45) is 4.71. The van der Waals surface area contributed by atoms with Crippen molar-refractivity contribution in [3.8, 4) is 0 Å². The van der Waals surface area contributed by atoms with Crippen LogP contribution in [-0.2, 0) is 0 Å². The first-order valence-electron chi connectivity index (χ1n) is 6.24. The van der Waals surface area contributed by atoms with Gasteiger partial charge in [0.25, 0.3) is 0 Å². The molecule has 2 saturated heterocycles. The summed E-state index contributed by atoms with van der Waals surface area (Å²) in [5.41, 5.74) is 2.37. The molecule has 3 heteroatoms. The van der Waals surface area contributed by atoms with Crippen molar-refractivity contribution >= 4 is 5.69 Å². The van der Waals surface area contributed by atoms with E-state index in [-0.39, 0.29) is 0 Å². The van der Waals surface area contributed by atoms with Gasteiger partial charge in [-0.05, 0) is 44.4 Å². The van der Waals surface area contributed by atoms with E-state index in [1.165, 1.54) is 31.6 Å². The van der Waals surface area contributed by atoms with Gasteiger partial charge in [-0.1, -0.05) is 0 Å². The predicted molar refractivity (Wildman–Crippen MR) is 65.7 cm³/mol. The third-order valence-electron chi connectivity index (χ3n) is 3.89. The molecule has 2 atom stereocenters. The van der Waals surface area contributed by atoms with Crippen molar-refractivity contribution < 1.29 is 0 Å². The number of nitrogens with zero attached hydrogens (tertiary/aromatic N) is 2. The van der Waals surface area contributed by atoms with Gasteiger partial charge in [0.15, 0.2) is 0 Å². The predicted octanol–water partition coefficient (Wildman–Crippen LogP) is 1.58. The average molecular weight is 217 g/mol. The van der Waals surface area contributed by atoms with E-state index in [0.29, 0.717) is 6.04 Å². The number of fused-ring (bicyclic) bond motifs is 1. The Labute approximate surface area is 96.9 Å². The highest BCUT2D eigenvalue weighted by atomic mass is 15.2. The molecule has 2 aliphatic heterocycles. The Morgan fingerprint density at radius 2 is 2.38 bits per heavy atom. The topological polar surface area (TPSA) is 28.2 Å². The fraction of sp³-hybridized carbons (Fsp3) is 0.615. The summed E-state index contributed by atoms with van der Waals surface area (Å²) in [4.78, 5) is 6.86. The zero-order chi connectivity index (χ0) is 11.0. The van der Waals surface area contributed by atoms with Crippen LogP contribution in [0.25, 0.3) is 0 Å². The van der Waals surface area contributed by atoms with Crippen LogP contribution in [0.5, 0.6) is 0 Å². The fourth-order valence-electron chi connectivity index (χ4n) is 2.72. The van der Waals surface area contributed by atoms with Crippen LogP contribution in [0.2, 0.25) is 0 Å². The second kappa shape index (κ2) is 4.06. The summed E-state index contributed by atoms with van der Waals surface area (Å²) in [6, 6.07) is 5.01. The first-order valence-corrected chi connectivity index (χ1v) is 6.24. The lowest BCUT2D eigenvalue weighted by molar-refractivity contribution is 0.234. The number of aryl methyl sites for hydroxylation is 1. The molecular formula is C13H19N3. The lowest BCUT2D eigenvalue weighted by Crippen LogP contribution is -2.56. The van der Waals surface area contributed by atoms with Gasteiger partial charge in [-0.2, -0.15) is 0 Å². The Kier molecular flexibility index (Phi) is 2.56. The molecule has 1 N–H and O–H groups in total. The van der Waals surface area contributed by atoms with Crippen molar-refractivity contribution in [2.45, 2.75) is 25.8 Å². The van der Waals surface area contributed by atoms with Crippen molar-refractivity contribution in [1.29, 1.82) is 0 Å². The van der Waals surface area contributed by atoms with E-state index in [9.17, 15) is 0 Å². The van der Waals surface area contributed by atoms with Gasteiger partial charge in [-0.3, -0.25) is 4.98 Å². The average Bonchev–Trinajstić information content (AvgIpc) is 2.41. The number of nitrogens with one attached hydrogen (secondary N) is 1. The van der Waals surface area contributed by atoms with Crippen LogP contribution in [-0.4, -0.2) is 30.7 Å². The first kappa shape index (κ1) is 10.1. The smallest absolute Gasteiger partial charge is 0.0553 e. The molecule has 0 aromatic carbocycles. The van der Waals surface area contributed by atoms with Gasteiger partial charge >= 0.3 is 0 Å². The Hall–Kier alpha value is -1.09. The van der Waals surface area contributed by atoms with E-state index < -0.39 is 0 Å². The zero-order valence-corrected chi connectivity index (χ0v) is 9.82. The maximum atomic E-state index is 4.38. The van der Waals surface area contributed by atoms with Crippen LogP contribution in [0.1, 0.15) is 18.5 Å². The highest BCUT2D eigenvalue weighted by molar-refractivity contribution is 5.45. The maximum Gasteiger partial charge on any atom is 0.0553 e. The zero-order valence-electron chi connectivity index (χ0n) is 9.82. The Morgan fingerprint density at radius 3 is 3.06 bits per heavy atom. The number of hydrogen-bond donors (Lipinski definition) is 1. The second-order valence-electron chi connectivity index (χ2n) is 5.02. The molecular weight excluding hydrogens is 198 g/mol. The molecule has 0 bridgehead atoms. The molecule has 0 radical (unpaired) electrons. The molecule has 86 valence electrons. The van der Waals surface area contributed by atoms with Crippen molar-refractivity contribution in [3.05, 3.63) is 24.0 Å². The normalized spacial score (nSPS) is 29.2. The van der Waals surface area contributed by atoms with Crippen LogP contribution in [0.3, 0.4) is 0 Å². The van der Waals surface area contributed by atoms with Gasteiger partial charge < -0.3 is 10.2 Å². The van der Waals surface area contributed by atoms with Crippen LogP contribution < -0.4 is 10.2 Å². The highest BCUT2D eigenvalue weighted by Crippen LogP contribution is 2.26. The van der Waals surface area contributed by atoms with E-state index in [1.807, 2.05) is 13.1 Å². The summed E-state index contributed by atoms with van der Waals surface area (Å²) in [5, 5.41) is 3.54. The molecule has 0 spiro atoms. The standard InChI is InChI=1S/C13H19N3/c1-10-4-5-12(8-14-10)16-6-2-3-11-7-15-13(11)9-16/h4-5,8,11,13,15H,2-3,6-7,9H2,1H3/t11-,13-/m0/s1. The van der Waals surface area contributed by atoms with Crippen LogP contribution in [0.4, 0.5) is 5.69 Å². The lowest BCUT2D eigenvalue weighted by Gasteiger charge is -2.38. The molecule has 1 aromatic rings. The van der Waals surface area contributed by atoms with Crippen molar-refractivity contribution in [2.24, 2.45) is 5.92 Å². The quantitative estimate of drug-likeness (QED) is 0.774. The Morgan fingerprint density at radius 1 is 1.44 bits per heavy atom. The highest BCUT2D eigenvalue weighted by Gasteiger charge is 2.33. The van der Waals surface area contributed by atoms with Crippen molar-refractivity contribution in [2.75, 3.05) is 24.5 Å². The molecule has 3 nitrogen and oxygen atoms in total. The summed E-state index contributed by atoms with van der Waals surface area (Å²) in [7, 11) is 0. The number of anilines is 1. The molecule has 2 aliphatic rings. The summed E-state index contributed by atoms with van der Waals surface area (Å²) < 4.78 is 0. The van der Waals surface area contributed by atoms with Crippen molar-refractivity contribution in [1.82, 2.24) is 10.3 Å². The summed E-state index contributed by atoms with van der Waals surface area (Å²) >= 11 is 0. The van der Waals surface area contributed by atoms with Gasteiger partial charge in [0.2, 0.25) is 0 Å². The molecule has 0 amide bonds. The molecule has 2 fully saturated rings. The van der Waals surface area contributed by atoms with Crippen molar-refractivity contribution in [3.63, 3.8) is 0 Å². The number of hydrogen-bond acceptors (Lipinski definition) is 3. The van der Waals surface area contributed by atoms with E-state index in [0.717, 1.165) is 18.2 Å². The fourth-order valence-corrected chi connectivity index (χ4v) is 2.72. The maximum absolute atomic E-state index is 4.38. The first-order chi connectivity index (χ1) is 7.83. The minimum absolute atomic E-state index is 0.712. The summed E-state index contributed by atoms with van der Waals surface area (Å²) in [5.74, 6) is 0.920. The van der Waals surface area contributed by atoms with Gasteiger partial charge in [0.1, 0.15) is 0 Å². The Balaban J connectivity index is 1.75.